The van der Waals surface area contributed by atoms with E-state index in [-0.39, 0.29) is 24.2 Å². The Bertz CT molecular complexity index is 861. The first-order valence-corrected chi connectivity index (χ1v) is 9.21. The summed E-state index contributed by atoms with van der Waals surface area (Å²) in [7, 11) is 0. The molecule has 1 aromatic heterocycles. The topological polar surface area (TPSA) is 48.4 Å². The molecule has 0 bridgehead atoms. The number of hydrogen-bond acceptors (Lipinski definition) is 4. The second-order valence-corrected chi connectivity index (χ2v) is 7.07. The van der Waals surface area contributed by atoms with Crippen LogP contribution in [0.4, 0.5) is 4.39 Å². The molecule has 5 heteroatoms. The van der Waals surface area contributed by atoms with Crippen molar-refractivity contribution in [3.8, 4) is 17.0 Å². The molecule has 136 valence electrons. The Morgan fingerprint density at radius 3 is 2.77 bits per heavy atom. The molecule has 4 nitrogen and oxygen atoms in total. The van der Waals surface area contributed by atoms with E-state index in [1.807, 2.05) is 13.0 Å². The SMILES string of the molecule is CCOC(=O)c1cc(-c2ccc(C)cc2F)c2c(n1)O[C@H](C1CC1)CC2. The molecule has 0 amide bonds. The second-order valence-electron chi connectivity index (χ2n) is 7.07. The molecule has 1 fully saturated rings. The molecule has 0 saturated heterocycles. The Kier molecular flexibility index (Phi) is 4.39. The maximum Gasteiger partial charge on any atom is 0.357 e. The summed E-state index contributed by atoms with van der Waals surface area (Å²) in [5.74, 6) is 0.211. The predicted molar refractivity (Wildman–Crippen MR) is 95.8 cm³/mol. The van der Waals surface area contributed by atoms with Gasteiger partial charge in [-0.15, -0.1) is 0 Å². The van der Waals surface area contributed by atoms with Crippen molar-refractivity contribution in [3.05, 3.63) is 46.9 Å². The summed E-state index contributed by atoms with van der Waals surface area (Å²) < 4.78 is 25.8. The highest BCUT2D eigenvalue weighted by atomic mass is 19.1. The number of fused-ring (bicyclic) bond motifs is 1. The van der Waals surface area contributed by atoms with E-state index in [0.29, 0.717) is 22.9 Å². The lowest BCUT2D eigenvalue weighted by Gasteiger charge is -2.27. The number of hydrogen-bond donors (Lipinski definition) is 0. The molecule has 2 aromatic rings. The van der Waals surface area contributed by atoms with Crippen LogP contribution in [-0.4, -0.2) is 23.7 Å². The highest BCUT2D eigenvalue weighted by molar-refractivity contribution is 5.90. The van der Waals surface area contributed by atoms with Gasteiger partial charge in [-0.3, -0.25) is 0 Å². The van der Waals surface area contributed by atoms with Crippen LogP contribution in [0.5, 0.6) is 5.88 Å². The maximum atomic E-state index is 14.6. The van der Waals surface area contributed by atoms with Crippen molar-refractivity contribution < 1.29 is 18.7 Å². The van der Waals surface area contributed by atoms with Gasteiger partial charge in [-0.05, 0) is 68.7 Å². The molecule has 4 rings (SSSR count). The first kappa shape index (κ1) is 17.0. The lowest BCUT2D eigenvalue weighted by molar-refractivity contribution is 0.0516. The molecule has 0 radical (unpaired) electrons. The van der Waals surface area contributed by atoms with Crippen LogP contribution in [0.15, 0.2) is 24.3 Å². The van der Waals surface area contributed by atoms with Gasteiger partial charge in [0.15, 0.2) is 5.69 Å². The predicted octanol–water partition coefficient (Wildman–Crippen LogP) is 4.48. The van der Waals surface area contributed by atoms with Crippen LogP contribution in [0.25, 0.3) is 11.1 Å². The van der Waals surface area contributed by atoms with Crippen LogP contribution >= 0.6 is 0 Å². The van der Waals surface area contributed by atoms with Gasteiger partial charge in [-0.1, -0.05) is 12.1 Å². The minimum Gasteiger partial charge on any atom is -0.474 e. The first-order valence-electron chi connectivity index (χ1n) is 9.21. The van der Waals surface area contributed by atoms with Crippen molar-refractivity contribution in [1.82, 2.24) is 4.98 Å². The standard InChI is InChI=1S/C21H22FNO3/c1-3-25-21(24)18-11-16(14-7-4-12(2)10-17(14)22)15-8-9-19(13-5-6-13)26-20(15)23-18/h4,7,10-11,13,19H,3,5-6,8-9H2,1-2H3/t19-/m0/s1. The Labute approximate surface area is 152 Å². The number of aromatic nitrogens is 1. The largest absolute Gasteiger partial charge is 0.474 e. The molecule has 2 aliphatic rings. The fraction of sp³-hybridized carbons (Fsp3) is 0.429. The molecule has 26 heavy (non-hydrogen) atoms. The monoisotopic (exact) mass is 355 g/mol. The molecule has 0 spiro atoms. The highest BCUT2D eigenvalue weighted by Crippen LogP contribution is 2.43. The third-order valence-corrected chi connectivity index (χ3v) is 5.08. The fourth-order valence-corrected chi connectivity index (χ4v) is 3.56. The summed E-state index contributed by atoms with van der Waals surface area (Å²) in [4.78, 5) is 16.7. The summed E-state index contributed by atoms with van der Waals surface area (Å²) >= 11 is 0. The molecule has 1 aliphatic heterocycles. The number of carbonyl (C=O) groups is 1. The number of aryl methyl sites for hydroxylation is 1. The lowest BCUT2D eigenvalue weighted by Crippen LogP contribution is -2.26. The number of pyridine rings is 1. The molecule has 1 saturated carbocycles. The number of rotatable bonds is 4. The fourth-order valence-electron chi connectivity index (χ4n) is 3.56. The van der Waals surface area contributed by atoms with Gasteiger partial charge in [-0.2, -0.15) is 0 Å². The zero-order valence-electron chi connectivity index (χ0n) is 15.0. The van der Waals surface area contributed by atoms with E-state index < -0.39 is 5.97 Å². The van der Waals surface area contributed by atoms with Crippen molar-refractivity contribution in [2.45, 2.75) is 45.6 Å². The third kappa shape index (κ3) is 3.18. The average Bonchev–Trinajstić information content (AvgIpc) is 3.46. The Morgan fingerprint density at radius 1 is 1.27 bits per heavy atom. The van der Waals surface area contributed by atoms with E-state index in [1.165, 1.54) is 18.9 Å². The van der Waals surface area contributed by atoms with E-state index in [0.717, 1.165) is 24.0 Å². The second kappa shape index (κ2) is 6.71. The van der Waals surface area contributed by atoms with Crippen molar-refractivity contribution in [3.63, 3.8) is 0 Å². The molecular formula is C21H22FNO3. The number of benzene rings is 1. The van der Waals surface area contributed by atoms with Crippen LogP contribution in [0.2, 0.25) is 0 Å². The van der Waals surface area contributed by atoms with Gasteiger partial charge in [0.25, 0.3) is 0 Å². The van der Waals surface area contributed by atoms with Crippen molar-refractivity contribution in [2.75, 3.05) is 6.61 Å². The molecule has 1 atom stereocenters. The van der Waals surface area contributed by atoms with Crippen LogP contribution in [0.3, 0.4) is 0 Å². The van der Waals surface area contributed by atoms with Crippen LogP contribution in [0, 0.1) is 18.7 Å². The van der Waals surface area contributed by atoms with Crippen molar-refractivity contribution >= 4 is 5.97 Å². The van der Waals surface area contributed by atoms with Crippen molar-refractivity contribution in [1.29, 1.82) is 0 Å². The van der Waals surface area contributed by atoms with Gasteiger partial charge in [-0.25, -0.2) is 14.2 Å². The van der Waals surface area contributed by atoms with Gasteiger partial charge in [0.1, 0.15) is 11.9 Å². The quantitative estimate of drug-likeness (QED) is 0.759. The highest BCUT2D eigenvalue weighted by Gasteiger charge is 2.37. The zero-order chi connectivity index (χ0) is 18.3. The van der Waals surface area contributed by atoms with E-state index >= 15 is 0 Å². The number of nitrogens with zero attached hydrogens (tertiary/aromatic N) is 1. The normalized spacial score (nSPS) is 18.8. The van der Waals surface area contributed by atoms with Gasteiger partial charge in [0.2, 0.25) is 5.88 Å². The van der Waals surface area contributed by atoms with E-state index in [1.54, 1.807) is 19.1 Å². The number of esters is 1. The van der Waals surface area contributed by atoms with E-state index in [2.05, 4.69) is 4.98 Å². The summed E-state index contributed by atoms with van der Waals surface area (Å²) in [6.07, 6.45) is 4.17. The molecule has 1 aromatic carbocycles. The van der Waals surface area contributed by atoms with Crippen LogP contribution in [-0.2, 0) is 11.2 Å². The summed E-state index contributed by atoms with van der Waals surface area (Å²) in [6.45, 7) is 3.86. The molecular weight excluding hydrogens is 333 g/mol. The summed E-state index contributed by atoms with van der Waals surface area (Å²) in [6, 6.07) is 6.75. The average molecular weight is 355 g/mol. The molecule has 1 aliphatic carbocycles. The Balaban J connectivity index is 1.82. The van der Waals surface area contributed by atoms with E-state index in [9.17, 15) is 9.18 Å². The number of ether oxygens (including phenoxy) is 2. The first-order chi connectivity index (χ1) is 12.6. The molecule has 2 heterocycles. The van der Waals surface area contributed by atoms with E-state index in [4.69, 9.17) is 9.47 Å². The van der Waals surface area contributed by atoms with Gasteiger partial charge in [0.05, 0.1) is 6.61 Å². The smallest absolute Gasteiger partial charge is 0.357 e. The minimum absolute atomic E-state index is 0.142. The molecule has 0 N–H and O–H groups in total. The number of carbonyl (C=O) groups excluding carboxylic acids is 1. The van der Waals surface area contributed by atoms with Crippen molar-refractivity contribution in [2.24, 2.45) is 5.92 Å². The maximum absolute atomic E-state index is 14.6. The number of halogens is 1. The van der Waals surface area contributed by atoms with Gasteiger partial charge >= 0.3 is 5.97 Å². The summed E-state index contributed by atoms with van der Waals surface area (Å²) in [5.41, 5.74) is 3.03. The summed E-state index contributed by atoms with van der Waals surface area (Å²) in [5, 5.41) is 0. The van der Waals surface area contributed by atoms with Gasteiger partial charge < -0.3 is 9.47 Å². The van der Waals surface area contributed by atoms with Crippen LogP contribution < -0.4 is 4.74 Å². The third-order valence-electron chi connectivity index (χ3n) is 5.08. The lowest BCUT2D eigenvalue weighted by atomic mass is 9.92. The zero-order valence-corrected chi connectivity index (χ0v) is 15.0. The Hall–Kier alpha value is -2.43. The Morgan fingerprint density at radius 2 is 2.08 bits per heavy atom. The van der Waals surface area contributed by atoms with Gasteiger partial charge in [0, 0.05) is 11.1 Å². The van der Waals surface area contributed by atoms with Crippen LogP contribution in [0.1, 0.15) is 47.8 Å². The minimum atomic E-state index is -0.513. The molecule has 0 unspecified atom stereocenters.